The van der Waals surface area contributed by atoms with Gasteiger partial charge in [0.05, 0.1) is 0 Å². The Hall–Kier alpha value is -1.92. The standard InChI is InChI=1S/C14H15N3O3.ClH/c15-6-8-2-1-3-9-10(8)7-17(14(9)20)11-4-5-12(18)16-13(11)19;/h1-3,11H,4-7,15H2,(H,16,18,19);1H. The van der Waals surface area contributed by atoms with E-state index in [1.54, 1.807) is 12.1 Å². The summed E-state index contributed by atoms with van der Waals surface area (Å²) in [5, 5.41) is 2.29. The lowest BCUT2D eigenvalue weighted by Crippen LogP contribution is -2.52. The third kappa shape index (κ3) is 2.52. The molecule has 0 radical (unpaired) electrons. The zero-order valence-electron chi connectivity index (χ0n) is 11.3. The lowest BCUT2D eigenvalue weighted by molar-refractivity contribution is -0.136. The highest BCUT2D eigenvalue weighted by Gasteiger charge is 2.39. The van der Waals surface area contributed by atoms with E-state index in [0.29, 0.717) is 25.1 Å². The second kappa shape index (κ2) is 5.83. The zero-order chi connectivity index (χ0) is 14.3. The van der Waals surface area contributed by atoms with Crippen LogP contribution in [0.4, 0.5) is 0 Å². The summed E-state index contributed by atoms with van der Waals surface area (Å²) < 4.78 is 0. The van der Waals surface area contributed by atoms with Gasteiger partial charge in [-0.3, -0.25) is 19.7 Å². The highest BCUT2D eigenvalue weighted by molar-refractivity contribution is 6.05. The Morgan fingerprint density at radius 1 is 1.29 bits per heavy atom. The predicted molar refractivity (Wildman–Crippen MR) is 77.6 cm³/mol. The van der Waals surface area contributed by atoms with E-state index in [9.17, 15) is 14.4 Å². The van der Waals surface area contributed by atoms with Crippen LogP contribution in [0.1, 0.15) is 34.3 Å². The van der Waals surface area contributed by atoms with Crippen LogP contribution in [-0.4, -0.2) is 28.7 Å². The van der Waals surface area contributed by atoms with Crippen molar-refractivity contribution in [3.8, 4) is 0 Å². The van der Waals surface area contributed by atoms with E-state index in [2.05, 4.69) is 5.32 Å². The Labute approximate surface area is 128 Å². The normalized spacial score (nSPS) is 20.9. The Kier molecular flexibility index (Phi) is 4.29. The highest BCUT2D eigenvalue weighted by Crippen LogP contribution is 2.29. The first kappa shape index (κ1) is 15.5. The number of carbonyl (C=O) groups is 3. The van der Waals surface area contributed by atoms with Crippen molar-refractivity contribution in [3.63, 3.8) is 0 Å². The molecule has 7 heteroatoms. The first-order valence-electron chi connectivity index (χ1n) is 6.57. The molecule has 2 aliphatic rings. The number of imide groups is 1. The number of piperidine rings is 1. The van der Waals surface area contributed by atoms with Gasteiger partial charge in [0.25, 0.3) is 5.91 Å². The van der Waals surface area contributed by atoms with Gasteiger partial charge in [-0.2, -0.15) is 0 Å². The predicted octanol–water partition coefficient (Wildman–Crippen LogP) is 0.328. The highest BCUT2D eigenvalue weighted by atomic mass is 35.5. The first-order valence-corrected chi connectivity index (χ1v) is 6.57. The van der Waals surface area contributed by atoms with Gasteiger partial charge in [-0.25, -0.2) is 0 Å². The van der Waals surface area contributed by atoms with Crippen molar-refractivity contribution < 1.29 is 14.4 Å². The van der Waals surface area contributed by atoms with Gasteiger partial charge in [0.15, 0.2) is 0 Å². The van der Waals surface area contributed by atoms with Crippen molar-refractivity contribution >= 4 is 30.1 Å². The van der Waals surface area contributed by atoms with Gasteiger partial charge in [-0.15, -0.1) is 12.4 Å². The van der Waals surface area contributed by atoms with Crippen molar-refractivity contribution in [2.24, 2.45) is 5.73 Å². The second-order valence-electron chi connectivity index (χ2n) is 5.05. The summed E-state index contributed by atoms with van der Waals surface area (Å²) in [7, 11) is 0. The Morgan fingerprint density at radius 3 is 2.71 bits per heavy atom. The van der Waals surface area contributed by atoms with E-state index in [-0.39, 0.29) is 30.6 Å². The molecule has 1 fully saturated rings. The molecule has 1 unspecified atom stereocenters. The van der Waals surface area contributed by atoms with E-state index >= 15 is 0 Å². The summed E-state index contributed by atoms with van der Waals surface area (Å²) in [6, 6.07) is 4.87. The maximum atomic E-state index is 12.4. The molecule has 1 aromatic rings. The summed E-state index contributed by atoms with van der Waals surface area (Å²) in [5.41, 5.74) is 8.11. The van der Waals surface area contributed by atoms with Crippen molar-refractivity contribution in [3.05, 3.63) is 34.9 Å². The van der Waals surface area contributed by atoms with E-state index in [4.69, 9.17) is 5.73 Å². The molecule has 0 saturated carbocycles. The smallest absolute Gasteiger partial charge is 0.255 e. The topological polar surface area (TPSA) is 92.5 Å². The van der Waals surface area contributed by atoms with E-state index in [0.717, 1.165) is 11.1 Å². The summed E-state index contributed by atoms with van der Waals surface area (Å²) >= 11 is 0. The Balaban J connectivity index is 0.00000161. The van der Waals surface area contributed by atoms with Gasteiger partial charge in [0.1, 0.15) is 6.04 Å². The fourth-order valence-electron chi connectivity index (χ4n) is 2.84. The van der Waals surface area contributed by atoms with Gasteiger partial charge in [0, 0.05) is 25.1 Å². The third-order valence-corrected chi connectivity index (χ3v) is 3.90. The molecule has 1 aromatic carbocycles. The Morgan fingerprint density at radius 2 is 2.05 bits per heavy atom. The molecule has 1 atom stereocenters. The minimum Gasteiger partial charge on any atom is -0.326 e. The summed E-state index contributed by atoms with van der Waals surface area (Å²) in [5.74, 6) is -0.834. The summed E-state index contributed by atoms with van der Waals surface area (Å²) in [4.78, 5) is 37.0. The number of nitrogens with zero attached hydrogens (tertiary/aromatic N) is 1. The largest absolute Gasteiger partial charge is 0.326 e. The number of nitrogens with one attached hydrogen (secondary N) is 1. The van der Waals surface area contributed by atoms with Crippen molar-refractivity contribution in [2.45, 2.75) is 32.0 Å². The van der Waals surface area contributed by atoms with Crippen LogP contribution in [0.25, 0.3) is 0 Å². The zero-order valence-corrected chi connectivity index (χ0v) is 12.1. The van der Waals surface area contributed by atoms with E-state index in [1.165, 1.54) is 4.90 Å². The molecule has 112 valence electrons. The molecule has 3 rings (SSSR count). The molecule has 3 N–H and O–H groups in total. The van der Waals surface area contributed by atoms with Crippen LogP contribution in [0.3, 0.4) is 0 Å². The molecule has 0 bridgehead atoms. The third-order valence-electron chi connectivity index (χ3n) is 3.90. The van der Waals surface area contributed by atoms with Crippen LogP contribution in [0, 0.1) is 0 Å². The van der Waals surface area contributed by atoms with Crippen LogP contribution in [0.15, 0.2) is 18.2 Å². The molecule has 3 amide bonds. The quantitative estimate of drug-likeness (QED) is 0.770. The van der Waals surface area contributed by atoms with Crippen LogP contribution in [0.2, 0.25) is 0 Å². The molecule has 0 aromatic heterocycles. The number of halogens is 1. The van der Waals surface area contributed by atoms with Gasteiger partial charge < -0.3 is 10.6 Å². The number of carbonyl (C=O) groups excluding carboxylic acids is 3. The molecule has 2 aliphatic heterocycles. The molecular formula is C14H16ClN3O3. The van der Waals surface area contributed by atoms with E-state index in [1.807, 2.05) is 6.07 Å². The lowest BCUT2D eigenvalue weighted by Gasteiger charge is -2.29. The average Bonchev–Trinajstić information content (AvgIpc) is 2.76. The lowest BCUT2D eigenvalue weighted by atomic mass is 10.0. The monoisotopic (exact) mass is 309 g/mol. The van der Waals surface area contributed by atoms with Crippen LogP contribution >= 0.6 is 12.4 Å². The maximum absolute atomic E-state index is 12.4. The Bertz CT molecular complexity index is 617. The van der Waals surface area contributed by atoms with Gasteiger partial charge in [0.2, 0.25) is 11.8 Å². The molecular weight excluding hydrogens is 294 g/mol. The number of rotatable bonds is 2. The molecule has 1 saturated heterocycles. The van der Waals surface area contributed by atoms with Crippen molar-refractivity contribution in [1.29, 1.82) is 0 Å². The number of hydrogen-bond donors (Lipinski definition) is 2. The molecule has 0 aliphatic carbocycles. The number of amides is 3. The first-order chi connectivity index (χ1) is 9.61. The maximum Gasteiger partial charge on any atom is 0.255 e. The minimum atomic E-state index is -0.571. The summed E-state index contributed by atoms with van der Waals surface area (Å²) in [6.07, 6.45) is 0.641. The SMILES string of the molecule is Cl.NCc1cccc2c1CN(C1CCC(=O)NC1=O)C2=O. The van der Waals surface area contributed by atoms with Crippen LogP contribution < -0.4 is 11.1 Å². The fraction of sp³-hybridized carbons (Fsp3) is 0.357. The number of nitrogens with two attached hydrogens (primary N) is 1. The van der Waals surface area contributed by atoms with Gasteiger partial charge >= 0.3 is 0 Å². The number of benzene rings is 1. The minimum absolute atomic E-state index is 0. The molecule has 0 spiro atoms. The second-order valence-corrected chi connectivity index (χ2v) is 5.05. The number of fused-ring (bicyclic) bond motifs is 1. The van der Waals surface area contributed by atoms with E-state index < -0.39 is 11.9 Å². The summed E-state index contributed by atoms with van der Waals surface area (Å²) in [6.45, 7) is 0.744. The molecule has 2 heterocycles. The van der Waals surface area contributed by atoms with Gasteiger partial charge in [-0.05, 0) is 23.6 Å². The average molecular weight is 310 g/mol. The molecule has 6 nitrogen and oxygen atoms in total. The van der Waals surface area contributed by atoms with Crippen LogP contribution in [0.5, 0.6) is 0 Å². The van der Waals surface area contributed by atoms with Gasteiger partial charge in [-0.1, -0.05) is 12.1 Å². The van der Waals surface area contributed by atoms with Crippen molar-refractivity contribution in [2.75, 3.05) is 0 Å². The fourth-order valence-corrected chi connectivity index (χ4v) is 2.84. The number of hydrogen-bond acceptors (Lipinski definition) is 4. The van der Waals surface area contributed by atoms with Crippen molar-refractivity contribution in [1.82, 2.24) is 10.2 Å². The van der Waals surface area contributed by atoms with Crippen LogP contribution in [-0.2, 0) is 22.7 Å². The molecule has 21 heavy (non-hydrogen) atoms.